The summed E-state index contributed by atoms with van der Waals surface area (Å²) in [5.41, 5.74) is -1.11. The zero-order chi connectivity index (χ0) is 14.7. The van der Waals surface area contributed by atoms with E-state index in [-0.39, 0.29) is 19.1 Å². The van der Waals surface area contributed by atoms with E-state index >= 15 is 0 Å². The first-order valence-electron chi connectivity index (χ1n) is 6.34. The number of aliphatic hydroxyl groups is 1. The number of ether oxygens (including phenoxy) is 1. The number of hydrogen-bond donors (Lipinski definition) is 2. The number of aromatic nitrogens is 2. The standard InChI is InChI=1S/C12H17N3O5/c1-8(17)14-4-2-9(7-16)20-11(6-14)15-5-3-10(18)13-12(15)19/h3,5,9,11,16H,2,4,6-7H2,1H3,(H,13,18,19). The molecule has 1 aromatic rings. The van der Waals surface area contributed by atoms with Crippen molar-refractivity contribution in [2.24, 2.45) is 0 Å². The summed E-state index contributed by atoms with van der Waals surface area (Å²) >= 11 is 0. The Labute approximate surface area is 114 Å². The van der Waals surface area contributed by atoms with Crippen LogP contribution in [0.5, 0.6) is 0 Å². The van der Waals surface area contributed by atoms with Crippen LogP contribution in [-0.4, -0.2) is 51.3 Å². The van der Waals surface area contributed by atoms with Gasteiger partial charge in [-0.3, -0.25) is 19.1 Å². The highest BCUT2D eigenvalue weighted by molar-refractivity contribution is 5.73. The topological polar surface area (TPSA) is 105 Å². The van der Waals surface area contributed by atoms with Crippen molar-refractivity contribution < 1.29 is 14.6 Å². The summed E-state index contributed by atoms with van der Waals surface area (Å²) in [6, 6.07) is 1.21. The van der Waals surface area contributed by atoms with Crippen molar-refractivity contribution in [1.82, 2.24) is 14.5 Å². The summed E-state index contributed by atoms with van der Waals surface area (Å²) in [6.45, 7) is 1.89. The van der Waals surface area contributed by atoms with Gasteiger partial charge in [0.05, 0.1) is 19.3 Å². The van der Waals surface area contributed by atoms with E-state index in [1.165, 1.54) is 23.8 Å². The van der Waals surface area contributed by atoms with Crippen LogP contribution in [0.4, 0.5) is 0 Å². The molecule has 20 heavy (non-hydrogen) atoms. The fourth-order valence-electron chi connectivity index (χ4n) is 2.14. The van der Waals surface area contributed by atoms with Crippen LogP contribution in [0.3, 0.4) is 0 Å². The molecule has 2 unspecified atom stereocenters. The molecule has 0 aliphatic carbocycles. The molecule has 0 spiro atoms. The van der Waals surface area contributed by atoms with Crippen molar-refractivity contribution in [3.05, 3.63) is 33.1 Å². The van der Waals surface area contributed by atoms with E-state index in [1.54, 1.807) is 4.90 Å². The molecule has 2 N–H and O–H groups in total. The zero-order valence-electron chi connectivity index (χ0n) is 11.1. The number of aliphatic hydroxyl groups excluding tert-OH is 1. The predicted octanol–water partition coefficient (Wildman–Crippen LogP) is -1.34. The van der Waals surface area contributed by atoms with Crippen LogP contribution in [0, 0.1) is 0 Å². The van der Waals surface area contributed by atoms with Crippen LogP contribution in [0.2, 0.25) is 0 Å². The second-order valence-electron chi connectivity index (χ2n) is 4.67. The van der Waals surface area contributed by atoms with Gasteiger partial charge in [0, 0.05) is 25.7 Å². The van der Waals surface area contributed by atoms with Crippen molar-refractivity contribution >= 4 is 5.91 Å². The highest BCUT2D eigenvalue weighted by Gasteiger charge is 2.27. The molecule has 8 nitrogen and oxygen atoms in total. The third kappa shape index (κ3) is 3.14. The first kappa shape index (κ1) is 14.5. The van der Waals surface area contributed by atoms with E-state index < -0.39 is 23.6 Å². The third-order valence-electron chi connectivity index (χ3n) is 3.26. The number of amides is 1. The maximum Gasteiger partial charge on any atom is 0.330 e. The molecule has 1 aliphatic heterocycles. The molecule has 2 rings (SSSR count). The van der Waals surface area contributed by atoms with Crippen LogP contribution in [0.15, 0.2) is 21.9 Å². The highest BCUT2D eigenvalue weighted by atomic mass is 16.5. The average molecular weight is 283 g/mol. The number of carbonyl (C=O) groups excluding carboxylic acids is 1. The number of hydrogen-bond acceptors (Lipinski definition) is 5. The normalized spacial score (nSPS) is 23.4. The third-order valence-corrected chi connectivity index (χ3v) is 3.26. The Morgan fingerprint density at radius 1 is 1.55 bits per heavy atom. The summed E-state index contributed by atoms with van der Waals surface area (Å²) < 4.78 is 6.86. The highest BCUT2D eigenvalue weighted by Crippen LogP contribution is 2.18. The van der Waals surface area contributed by atoms with Gasteiger partial charge in [0.15, 0.2) is 6.23 Å². The minimum atomic E-state index is -0.733. The molecule has 2 heterocycles. The number of H-pyrrole nitrogens is 1. The van der Waals surface area contributed by atoms with Crippen molar-refractivity contribution in [1.29, 1.82) is 0 Å². The molecule has 1 aliphatic rings. The minimum absolute atomic E-state index is 0.130. The first-order valence-corrected chi connectivity index (χ1v) is 6.34. The van der Waals surface area contributed by atoms with Gasteiger partial charge in [-0.05, 0) is 6.42 Å². The van der Waals surface area contributed by atoms with Crippen LogP contribution in [0.1, 0.15) is 19.6 Å². The molecule has 1 fully saturated rings. The lowest BCUT2D eigenvalue weighted by Crippen LogP contribution is -2.39. The predicted molar refractivity (Wildman–Crippen MR) is 69.2 cm³/mol. The smallest absolute Gasteiger partial charge is 0.330 e. The van der Waals surface area contributed by atoms with Crippen molar-refractivity contribution in [2.75, 3.05) is 19.7 Å². The number of rotatable bonds is 2. The van der Waals surface area contributed by atoms with Gasteiger partial charge in [0.25, 0.3) is 5.56 Å². The summed E-state index contributed by atoms with van der Waals surface area (Å²) in [5.74, 6) is -0.130. The molecule has 1 amide bonds. The molecular formula is C12H17N3O5. The zero-order valence-corrected chi connectivity index (χ0v) is 11.1. The summed E-state index contributed by atoms with van der Waals surface area (Å²) in [6.07, 6.45) is 0.625. The Hall–Kier alpha value is -1.93. The van der Waals surface area contributed by atoms with E-state index in [9.17, 15) is 19.5 Å². The van der Waals surface area contributed by atoms with Crippen LogP contribution in [-0.2, 0) is 9.53 Å². The molecule has 2 atom stereocenters. The average Bonchev–Trinajstić information content (AvgIpc) is 2.61. The SMILES string of the molecule is CC(=O)N1CCC(CO)OC(n2ccc(=O)[nH]c2=O)C1. The van der Waals surface area contributed by atoms with Crippen LogP contribution >= 0.6 is 0 Å². The lowest BCUT2D eigenvalue weighted by Gasteiger charge is -2.24. The number of nitrogens with one attached hydrogen (secondary N) is 1. The summed E-state index contributed by atoms with van der Waals surface area (Å²) in [4.78, 5) is 38.1. The fourth-order valence-corrected chi connectivity index (χ4v) is 2.14. The second kappa shape index (κ2) is 6.02. The molecule has 110 valence electrons. The van der Waals surface area contributed by atoms with E-state index in [0.29, 0.717) is 13.0 Å². The van der Waals surface area contributed by atoms with Gasteiger partial charge in [0.1, 0.15) is 0 Å². The van der Waals surface area contributed by atoms with E-state index in [1.807, 2.05) is 0 Å². The molecule has 0 bridgehead atoms. The van der Waals surface area contributed by atoms with Crippen molar-refractivity contribution in [2.45, 2.75) is 25.7 Å². The van der Waals surface area contributed by atoms with Gasteiger partial charge in [-0.2, -0.15) is 0 Å². The Bertz CT molecular complexity index is 593. The molecule has 1 saturated heterocycles. The molecule has 0 saturated carbocycles. The quantitative estimate of drug-likeness (QED) is 0.699. The largest absolute Gasteiger partial charge is 0.394 e. The lowest BCUT2D eigenvalue weighted by molar-refractivity contribution is -0.131. The van der Waals surface area contributed by atoms with Crippen molar-refractivity contribution in [3.63, 3.8) is 0 Å². The first-order chi connectivity index (χ1) is 9.51. The Morgan fingerprint density at radius 3 is 2.90 bits per heavy atom. The van der Waals surface area contributed by atoms with E-state index in [0.717, 1.165) is 0 Å². The van der Waals surface area contributed by atoms with E-state index in [4.69, 9.17) is 4.74 Å². The van der Waals surface area contributed by atoms with Crippen LogP contribution in [0.25, 0.3) is 0 Å². The maximum atomic E-state index is 11.8. The number of nitrogens with zero attached hydrogens (tertiary/aromatic N) is 2. The monoisotopic (exact) mass is 283 g/mol. The summed E-state index contributed by atoms with van der Waals surface area (Å²) in [7, 11) is 0. The Kier molecular flexibility index (Phi) is 4.35. The Morgan fingerprint density at radius 2 is 2.30 bits per heavy atom. The summed E-state index contributed by atoms with van der Waals surface area (Å²) in [5, 5.41) is 9.25. The molecule has 1 aromatic heterocycles. The van der Waals surface area contributed by atoms with Crippen molar-refractivity contribution in [3.8, 4) is 0 Å². The van der Waals surface area contributed by atoms with Gasteiger partial charge in [-0.25, -0.2) is 4.79 Å². The van der Waals surface area contributed by atoms with Gasteiger partial charge in [0.2, 0.25) is 5.91 Å². The molecular weight excluding hydrogens is 266 g/mol. The van der Waals surface area contributed by atoms with Gasteiger partial charge in [-0.1, -0.05) is 0 Å². The van der Waals surface area contributed by atoms with Gasteiger partial charge >= 0.3 is 5.69 Å². The van der Waals surface area contributed by atoms with E-state index in [2.05, 4.69) is 4.98 Å². The lowest BCUT2D eigenvalue weighted by atomic mass is 10.2. The maximum absolute atomic E-state index is 11.8. The number of aromatic amines is 1. The minimum Gasteiger partial charge on any atom is -0.394 e. The van der Waals surface area contributed by atoms with Crippen LogP contribution < -0.4 is 11.2 Å². The molecule has 0 radical (unpaired) electrons. The molecule has 8 heteroatoms. The second-order valence-corrected chi connectivity index (χ2v) is 4.67. The van der Waals surface area contributed by atoms with Gasteiger partial charge in [-0.15, -0.1) is 0 Å². The Balaban J connectivity index is 2.32. The number of carbonyl (C=O) groups is 1. The fraction of sp³-hybridized carbons (Fsp3) is 0.583. The van der Waals surface area contributed by atoms with Gasteiger partial charge < -0.3 is 14.7 Å². The molecule has 0 aromatic carbocycles.